The highest BCUT2D eigenvalue weighted by Crippen LogP contribution is 2.24. The van der Waals surface area contributed by atoms with Crippen molar-refractivity contribution in [2.24, 2.45) is 4.99 Å². The van der Waals surface area contributed by atoms with Crippen molar-refractivity contribution < 1.29 is 0 Å². The van der Waals surface area contributed by atoms with Gasteiger partial charge in [0.1, 0.15) is 6.67 Å². The number of allylic oxidation sites excluding steroid dienone is 1. The first kappa shape index (κ1) is 9.75. The molecule has 2 nitrogen and oxygen atoms in total. The van der Waals surface area contributed by atoms with Crippen LogP contribution in [-0.4, -0.2) is 23.8 Å². The fourth-order valence-electron chi connectivity index (χ4n) is 2.36. The lowest BCUT2D eigenvalue weighted by Crippen LogP contribution is -2.34. The van der Waals surface area contributed by atoms with E-state index in [2.05, 4.69) is 23.0 Å². The van der Waals surface area contributed by atoms with Gasteiger partial charge in [0.25, 0.3) is 0 Å². The van der Waals surface area contributed by atoms with Crippen molar-refractivity contribution >= 4 is 6.21 Å². The smallest absolute Gasteiger partial charge is 0.110 e. The molecule has 14 heavy (non-hydrogen) atoms. The summed E-state index contributed by atoms with van der Waals surface area (Å²) >= 11 is 0. The SMILES string of the molecule is CCC1=CN(C2CCCCC2)CN=C1. The summed E-state index contributed by atoms with van der Waals surface area (Å²) in [6, 6.07) is 0.766. The zero-order valence-electron chi connectivity index (χ0n) is 9.08. The minimum atomic E-state index is 0.766. The Morgan fingerprint density at radius 2 is 2.14 bits per heavy atom. The summed E-state index contributed by atoms with van der Waals surface area (Å²) in [5, 5.41) is 0. The fraction of sp³-hybridized carbons (Fsp3) is 0.750. The molecule has 0 atom stereocenters. The van der Waals surface area contributed by atoms with E-state index in [1.807, 2.05) is 6.21 Å². The van der Waals surface area contributed by atoms with Crippen LogP contribution < -0.4 is 0 Å². The first-order valence-electron chi connectivity index (χ1n) is 5.86. The van der Waals surface area contributed by atoms with Gasteiger partial charge in [0.05, 0.1) is 0 Å². The van der Waals surface area contributed by atoms with Crippen LogP contribution in [0, 0.1) is 0 Å². The molecule has 0 unspecified atom stereocenters. The van der Waals surface area contributed by atoms with E-state index in [1.54, 1.807) is 0 Å². The van der Waals surface area contributed by atoms with Crippen LogP contribution in [0.5, 0.6) is 0 Å². The quantitative estimate of drug-likeness (QED) is 0.656. The summed E-state index contributed by atoms with van der Waals surface area (Å²) in [4.78, 5) is 6.86. The Morgan fingerprint density at radius 3 is 2.86 bits per heavy atom. The predicted molar refractivity (Wildman–Crippen MR) is 60.4 cm³/mol. The minimum absolute atomic E-state index is 0.766. The Bertz CT molecular complexity index is 237. The lowest BCUT2D eigenvalue weighted by Gasteiger charge is -2.34. The Morgan fingerprint density at radius 1 is 1.36 bits per heavy atom. The van der Waals surface area contributed by atoms with Gasteiger partial charge in [-0.25, -0.2) is 0 Å². The average molecular weight is 192 g/mol. The number of aliphatic imine (C=N–C) groups is 1. The Labute approximate surface area is 86.7 Å². The maximum absolute atomic E-state index is 4.42. The van der Waals surface area contributed by atoms with Gasteiger partial charge < -0.3 is 4.90 Å². The van der Waals surface area contributed by atoms with Crippen molar-refractivity contribution in [2.45, 2.75) is 51.5 Å². The summed E-state index contributed by atoms with van der Waals surface area (Å²) in [5.41, 5.74) is 1.38. The third kappa shape index (κ3) is 2.17. The molecule has 1 heterocycles. The summed E-state index contributed by atoms with van der Waals surface area (Å²) in [6.07, 6.45) is 12.4. The van der Waals surface area contributed by atoms with Crippen LogP contribution in [-0.2, 0) is 0 Å². The molecule has 1 aliphatic carbocycles. The zero-order chi connectivity index (χ0) is 9.80. The molecular formula is C12H20N2. The third-order valence-corrected chi connectivity index (χ3v) is 3.29. The van der Waals surface area contributed by atoms with Gasteiger partial charge in [-0.1, -0.05) is 26.2 Å². The van der Waals surface area contributed by atoms with E-state index in [0.717, 1.165) is 19.1 Å². The molecule has 1 aliphatic heterocycles. The Kier molecular flexibility index (Phi) is 3.22. The summed E-state index contributed by atoms with van der Waals surface area (Å²) < 4.78 is 0. The minimum Gasteiger partial charge on any atom is -0.355 e. The van der Waals surface area contributed by atoms with Gasteiger partial charge in [0, 0.05) is 18.5 Å². The van der Waals surface area contributed by atoms with E-state index in [1.165, 1.54) is 37.7 Å². The summed E-state index contributed by atoms with van der Waals surface area (Å²) in [5.74, 6) is 0. The molecule has 0 aromatic rings. The topological polar surface area (TPSA) is 15.6 Å². The zero-order valence-corrected chi connectivity index (χ0v) is 9.08. The monoisotopic (exact) mass is 192 g/mol. The molecule has 0 saturated heterocycles. The van der Waals surface area contributed by atoms with Crippen LogP contribution in [0.2, 0.25) is 0 Å². The highest BCUT2D eigenvalue weighted by atomic mass is 15.2. The van der Waals surface area contributed by atoms with E-state index < -0.39 is 0 Å². The Hall–Kier alpha value is -0.790. The van der Waals surface area contributed by atoms with Crippen LogP contribution >= 0.6 is 0 Å². The van der Waals surface area contributed by atoms with Crippen molar-refractivity contribution in [2.75, 3.05) is 6.67 Å². The Balaban J connectivity index is 1.97. The average Bonchev–Trinajstić information content (AvgIpc) is 2.30. The molecule has 0 bridgehead atoms. The summed E-state index contributed by atoms with van der Waals surface area (Å²) in [7, 11) is 0. The van der Waals surface area contributed by atoms with Crippen molar-refractivity contribution in [3.63, 3.8) is 0 Å². The molecule has 0 radical (unpaired) electrons. The maximum Gasteiger partial charge on any atom is 0.110 e. The highest BCUT2D eigenvalue weighted by Gasteiger charge is 2.19. The largest absolute Gasteiger partial charge is 0.355 e. The van der Waals surface area contributed by atoms with Crippen molar-refractivity contribution in [3.8, 4) is 0 Å². The standard InChI is InChI=1S/C12H20N2/c1-2-11-8-13-10-14(9-11)12-6-4-3-5-7-12/h8-9,12H,2-7,10H2,1H3. The maximum atomic E-state index is 4.42. The van der Waals surface area contributed by atoms with Gasteiger partial charge in [-0.05, 0) is 24.8 Å². The molecule has 1 saturated carbocycles. The molecule has 0 spiro atoms. The van der Waals surface area contributed by atoms with E-state index in [-0.39, 0.29) is 0 Å². The molecule has 0 aromatic heterocycles. The molecule has 0 N–H and O–H groups in total. The molecule has 0 amide bonds. The second-order valence-electron chi connectivity index (χ2n) is 4.32. The normalized spacial score (nSPS) is 23.8. The second-order valence-corrected chi connectivity index (χ2v) is 4.32. The van der Waals surface area contributed by atoms with Gasteiger partial charge in [0.2, 0.25) is 0 Å². The van der Waals surface area contributed by atoms with E-state index >= 15 is 0 Å². The first-order chi connectivity index (χ1) is 6.90. The van der Waals surface area contributed by atoms with Crippen molar-refractivity contribution in [3.05, 3.63) is 11.8 Å². The molecule has 2 heteroatoms. The van der Waals surface area contributed by atoms with Gasteiger partial charge >= 0.3 is 0 Å². The van der Waals surface area contributed by atoms with Crippen molar-refractivity contribution in [1.82, 2.24) is 4.90 Å². The number of hydrogen-bond donors (Lipinski definition) is 0. The molecule has 78 valence electrons. The van der Waals surface area contributed by atoms with Crippen LogP contribution in [0.3, 0.4) is 0 Å². The van der Waals surface area contributed by atoms with E-state index in [4.69, 9.17) is 0 Å². The second kappa shape index (κ2) is 4.63. The van der Waals surface area contributed by atoms with Gasteiger partial charge in [-0.3, -0.25) is 4.99 Å². The van der Waals surface area contributed by atoms with Gasteiger partial charge in [-0.15, -0.1) is 0 Å². The van der Waals surface area contributed by atoms with E-state index in [9.17, 15) is 0 Å². The molecule has 2 aliphatic rings. The number of rotatable bonds is 2. The predicted octanol–water partition coefficient (Wildman–Crippen LogP) is 2.96. The number of hydrogen-bond acceptors (Lipinski definition) is 2. The van der Waals surface area contributed by atoms with Crippen LogP contribution in [0.1, 0.15) is 45.4 Å². The number of nitrogens with zero attached hydrogens (tertiary/aromatic N) is 2. The van der Waals surface area contributed by atoms with Crippen LogP contribution in [0.15, 0.2) is 16.8 Å². The molecule has 0 aromatic carbocycles. The van der Waals surface area contributed by atoms with E-state index in [0.29, 0.717) is 0 Å². The lowest BCUT2D eigenvalue weighted by atomic mass is 9.94. The highest BCUT2D eigenvalue weighted by molar-refractivity contribution is 5.78. The van der Waals surface area contributed by atoms with Crippen molar-refractivity contribution in [1.29, 1.82) is 0 Å². The lowest BCUT2D eigenvalue weighted by molar-refractivity contribution is 0.220. The molecule has 2 rings (SSSR count). The first-order valence-corrected chi connectivity index (χ1v) is 5.86. The van der Waals surface area contributed by atoms with Gasteiger partial charge in [-0.2, -0.15) is 0 Å². The molecular weight excluding hydrogens is 172 g/mol. The van der Waals surface area contributed by atoms with Crippen LogP contribution in [0.4, 0.5) is 0 Å². The summed E-state index contributed by atoms with van der Waals surface area (Å²) in [6.45, 7) is 3.08. The fourth-order valence-corrected chi connectivity index (χ4v) is 2.36. The third-order valence-electron chi connectivity index (χ3n) is 3.29. The molecule has 1 fully saturated rings. The van der Waals surface area contributed by atoms with Gasteiger partial charge in [0.15, 0.2) is 0 Å². The van der Waals surface area contributed by atoms with Crippen LogP contribution in [0.25, 0.3) is 0 Å².